The van der Waals surface area contributed by atoms with Crippen molar-refractivity contribution < 1.29 is 13.6 Å². The van der Waals surface area contributed by atoms with E-state index in [1.807, 2.05) is 37.3 Å². The summed E-state index contributed by atoms with van der Waals surface area (Å²) in [6, 6.07) is 12.5. The van der Waals surface area contributed by atoms with Gasteiger partial charge in [0.1, 0.15) is 11.6 Å². The Morgan fingerprint density at radius 2 is 1.86 bits per heavy atom. The van der Waals surface area contributed by atoms with Gasteiger partial charge in [0.15, 0.2) is 0 Å². The largest absolute Gasteiger partial charge is 0.322 e. The van der Waals surface area contributed by atoms with Crippen LogP contribution in [-0.4, -0.2) is 12.5 Å². The highest BCUT2D eigenvalue weighted by Crippen LogP contribution is 2.15. The Kier molecular flexibility index (Phi) is 5.00. The van der Waals surface area contributed by atoms with Gasteiger partial charge in [-0.3, -0.25) is 4.79 Å². The monoisotopic (exact) mass is 290 g/mol. The van der Waals surface area contributed by atoms with Crippen LogP contribution in [0.2, 0.25) is 0 Å². The highest BCUT2D eigenvalue weighted by molar-refractivity contribution is 5.92. The Balaban J connectivity index is 1.89. The summed E-state index contributed by atoms with van der Waals surface area (Å²) in [5.41, 5.74) is 0.886. The smallest absolute Gasteiger partial charge is 0.238 e. The standard InChI is InChI=1S/C16H16F2N2O/c1-11(12-5-3-2-4-6-12)19-10-16(21)20-15-9-13(17)7-8-14(15)18/h2-9,11,19H,10H2,1H3,(H,20,21)/t11-/m1/s1. The third kappa shape index (κ3) is 4.36. The predicted molar refractivity (Wildman–Crippen MR) is 77.8 cm³/mol. The van der Waals surface area contributed by atoms with E-state index >= 15 is 0 Å². The van der Waals surface area contributed by atoms with Crippen molar-refractivity contribution in [3.05, 3.63) is 65.7 Å². The summed E-state index contributed by atoms with van der Waals surface area (Å²) in [6.45, 7) is 1.93. The van der Waals surface area contributed by atoms with Crippen LogP contribution in [0, 0.1) is 11.6 Å². The first kappa shape index (κ1) is 15.1. The van der Waals surface area contributed by atoms with Crippen molar-refractivity contribution >= 4 is 11.6 Å². The fourth-order valence-electron chi connectivity index (χ4n) is 1.89. The Labute approximate surface area is 122 Å². The van der Waals surface area contributed by atoms with E-state index in [0.29, 0.717) is 0 Å². The van der Waals surface area contributed by atoms with Gasteiger partial charge in [-0.15, -0.1) is 0 Å². The number of carbonyl (C=O) groups excluding carboxylic acids is 1. The molecule has 2 aromatic carbocycles. The highest BCUT2D eigenvalue weighted by atomic mass is 19.1. The predicted octanol–water partition coefficient (Wildman–Crippen LogP) is 3.25. The summed E-state index contributed by atoms with van der Waals surface area (Å²) in [6.07, 6.45) is 0. The quantitative estimate of drug-likeness (QED) is 0.887. The van der Waals surface area contributed by atoms with E-state index in [-0.39, 0.29) is 18.3 Å². The molecule has 5 heteroatoms. The van der Waals surface area contributed by atoms with Gasteiger partial charge in [0.2, 0.25) is 5.91 Å². The number of benzene rings is 2. The number of anilines is 1. The Morgan fingerprint density at radius 3 is 2.57 bits per heavy atom. The number of halogens is 2. The third-order valence-electron chi connectivity index (χ3n) is 3.07. The topological polar surface area (TPSA) is 41.1 Å². The molecule has 3 nitrogen and oxygen atoms in total. The minimum atomic E-state index is -0.666. The normalized spacial score (nSPS) is 12.0. The summed E-state index contributed by atoms with van der Waals surface area (Å²) in [4.78, 5) is 11.7. The van der Waals surface area contributed by atoms with E-state index in [1.165, 1.54) is 0 Å². The van der Waals surface area contributed by atoms with Crippen LogP contribution in [-0.2, 0) is 4.79 Å². The number of rotatable bonds is 5. The van der Waals surface area contributed by atoms with Gasteiger partial charge in [0.05, 0.1) is 12.2 Å². The molecule has 0 aliphatic rings. The minimum Gasteiger partial charge on any atom is -0.322 e. The van der Waals surface area contributed by atoms with E-state index in [2.05, 4.69) is 10.6 Å². The van der Waals surface area contributed by atoms with Gasteiger partial charge in [0.25, 0.3) is 0 Å². The molecule has 0 aliphatic heterocycles. The van der Waals surface area contributed by atoms with Crippen molar-refractivity contribution in [1.82, 2.24) is 5.32 Å². The highest BCUT2D eigenvalue weighted by Gasteiger charge is 2.10. The first-order chi connectivity index (χ1) is 10.1. The van der Waals surface area contributed by atoms with Gasteiger partial charge in [-0.1, -0.05) is 30.3 Å². The molecule has 0 radical (unpaired) electrons. The van der Waals surface area contributed by atoms with Crippen LogP contribution in [0.25, 0.3) is 0 Å². The second-order valence-electron chi connectivity index (χ2n) is 4.69. The summed E-state index contributed by atoms with van der Waals surface area (Å²) >= 11 is 0. The number of amides is 1. The number of hydrogen-bond acceptors (Lipinski definition) is 2. The molecule has 21 heavy (non-hydrogen) atoms. The molecule has 110 valence electrons. The molecule has 0 aromatic heterocycles. The average molecular weight is 290 g/mol. The fraction of sp³-hybridized carbons (Fsp3) is 0.188. The zero-order valence-electron chi connectivity index (χ0n) is 11.6. The lowest BCUT2D eigenvalue weighted by molar-refractivity contribution is -0.115. The molecule has 0 saturated carbocycles. The second kappa shape index (κ2) is 6.95. The number of nitrogens with one attached hydrogen (secondary N) is 2. The van der Waals surface area contributed by atoms with Crippen molar-refractivity contribution in [1.29, 1.82) is 0 Å². The van der Waals surface area contributed by atoms with E-state index in [1.54, 1.807) is 0 Å². The molecule has 2 aromatic rings. The Morgan fingerprint density at radius 1 is 1.14 bits per heavy atom. The molecule has 0 spiro atoms. The summed E-state index contributed by atoms with van der Waals surface area (Å²) < 4.78 is 26.4. The zero-order chi connectivity index (χ0) is 15.2. The zero-order valence-corrected chi connectivity index (χ0v) is 11.6. The van der Waals surface area contributed by atoms with Gasteiger partial charge in [0, 0.05) is 12.1 Å². The second-order valence-corrected chi connectivity index (χ2v) is 4.69. The molecule has 1 atom stereocenters. The minimum absolute atomic E-state index is 0.00597. The van der Waals surface area contributed by atoms with Crippen molar-refractivity contribution in [2.45, 2.75) is 13.0 Å². The van der Waals surface area contributed by atoms with Gasteiger partial charge < -0.3 is 10.6 Å². The van der Waals surface area contributed by atoms with Gasteiger partial charge in [-0.05, 0) is 24.6 Å². The van der Waals surface area contributed by atoms with Crippen LogP contribution in [0.15, 0.2) is 48.5 Å². The lowest BCUT2D eigenvalue weighted by Crippen LogP contribution is -2.30. The van der Waals surface area contributed by atoms with Crippen LogP contribution in [0.1, 0.15) is 18.5 Å². The van der Waals surface area contributed by atoms with E-state index in [0.717, 1.165) is 23.8 Å². The molecule has 1 amide bonds. The lowest BCUT2D eigenvalue weighted by atomic mass is 10.1. The van der Waals surface area contributed by atoms with Crippen molar-refractivity contribution in [2.24, 2.45) is 0 Å². The van der Waals surface area contributed by atoms with Crippen molar-refractivity contribution in [2.75, 3.05) is 11.9 Å². The van der Waals surface area contributed by atoms with Crippen molar-refractivity contribution in [3.8, 4) is 0 Å². The maximum absolute atomic E-state index is 13.4. The average Bonchev–Trinajstić information content (AvgIpc) is 2.49. The first-order valence-corrected chi connectivity index (χ1v) is 6.59. The number of carbonyl (C=O) groups is 1. The molecule has 0 saturated heterocycles. The van der Waals surface area contributed by atoms with E-state index in [9.17, 15) is 13.6 Å². The molecule has 0 aliphatic carbocycles. The summed E-state index contributed by atoms with van der Waals surface area (Å²) in [5.74, 6) is -1.69. The Hall–Kier alpha value is -2.27. The summed E-state index contributed by atoms with van der Waals surface area (Å²) in [7, 11) is 0. The van der Waals surface area contributed by atoms with E-state index in [4.69, 9.17) is 0 Å². The fourth-order valence-corrected chi connectivity index (χ4v) is 1.89. The number of hydrogen-bond donors (Lipinski definition) is 2. The molecular weight excluding hydrogens is 274 g/mol. The molecule has 0 unspecified atom stereocenters. The van der Waals surface area contributed by atoms with Crippen LogP contribution in [0.4, 0.5) is 14.5 Å². The molecule has 2 N–H and O–H groups in total. The molecule has 2 rings (SSSR count). The van der Waals surface area contributed by atoms with Crippen LogP contribution in [0.5, 0.6) is 0 Å². The molecule has 0 fully saturated rings. The lowest BCUT2D eigenvalue weighted by Gasteiger charge is -2.14. The maximum atomic E-state index is 13.4. The molecule has 0 heterocycles. The molecular formula is C16H16F2N2O. The first-order valence-electron chi connectivity index (χ1n) is 6.59. The SMILES string of the molecule is C[C@@H](NCC(=O)Nc1cc(F)ccc1F)c1ccccc1. The van der Waals surface area contributed by atoms with Crippen LogP contribution in [0.3, 0.4) is 0 Å². The van der Waals surface area contributed by atoms with Gasteiger partial charge in [-0.2, -0.15) is 0 Å². The van der Waals surface area contributed by atoms with Gasteiger partial charge >= 0.3 is 0 Å². The maximum Gasteiger partial charge on any atom is 0.238 e. The van der Waals surface area contributed by atoms with Gasteiger partial charge in [-0.25, -0.2) is 8.78 Å². The molecule has 0 bridgehead atoms. The van der Waals surface area contributed by atoms with E-state index < -0.39 is 17.5 Å². The van der Waals surface area contributed by atoms with Crippen LogP contribution >= 0.6 is 0 Å². The van der Waals surface area contributed by atoms with Crippen molar-refractivity contribution in [3.63, 3.8) is 0 Å². The summed E-state index contributed by atoms with van der Waals surface area (Å²) in [5, 5.41) is 5.37. The Bertz CT molecular complexity index is 617. The van der Waals surface area contributed by atoms with Crippen LogP contribution < -0.4 is 10.6 Å². The third-order valence-corrected chi connectivity index (χ3v) is 3.07.